The summed E-state index contributed by atoms with van der Waals surface area (Å²) in [5.41, 5.74) is 3.89. The molecule has 4 N–H and O–H groups in total. The van der Waals surface area contributed by atoms with Crippen molar-refractivity contribution in [2.45, 2.75) is 45.3 Å². The van der Waals surface area contributed by atoms with Crippen LogP contribution >= 0.6 is 0 Å². The second-order valence-electron chi connectivity index (χ2n) is 9.02. The number of anilines is 1. The number of imide groups is 1. The van der Waals surface area contributed by atoms with Gasteiger partial charge < -0.3 is 16.0 Å². The molecule has 0 spiro atoms. The number of rotatable bonds is 7. The highest BCUT2D eigenvalue weighted by molar-refractivity contribution is 6.04. The number of nitrogens with one attached hydrogen (secondary N) is 4. The Kier molecular flexibility index (Phi) is 7.24. The van der Waals surface area contributed by atoms with Gasteiger partial charge in [0.05, 0.1) is 0 Å². The van der Waals surface area contributed by atoms with Gasteiger partial charge in [-0.25, -0.2) is 9.59 Å². The van der Waals surface area contributed by atoms with Crippen LogP contribution in [0.15, 0.2) is 48.5 Å². The fraction of sp³-hybridized carbons (Fsp3) is 0.400. The molecule has 2 saturated heterocycles. The lowest BCUT2D eigenvalue weighted by Crippen LogP contribution is -2.33. The number of carbonyl (C=O) groups is 3. The van der Waals surface area contributed by atoms with Crippen molar-refractivity contribution >= 4 is 23.7 Å². The van der Waals surface area contributed by atoms with E-state index in [1.54, 1.807) is 12.1 Å². The van der Waals surface area contributed by atoms with E-state index >= 15 is 0 Å². The number of amides is 5. The minimum atomic E-state index is -0.561. The Morgan fingerprint density at radius 3 is 2.39 bits per heavy atom. The maximum Gasteiger partial charge on any atom is 0.322 e. The van der Waals surface area contributed by atoms with Crippen LogP contribution in [-0.2, 0) is 24.3 Å². The molecule has 0 saturated carbocycles. The summed E-state index contributed by atoms with van der Waals surface area (Å²) in [6.07, 6.45) is 3.00. The normalized spacial score (nSPS) is 20.8. The van der Waals surface area contributed by atoms with Crippen LogP contribution in [0.25, 0.3) is 0 Å². The van der Waals surface area contributed by atoms with Gasteiger partial charge >= 0.3 is 12.1 Å². The van der Waals surface area contributed by atoms with Gasteiger partial charge in [-0.05, 0) is 54.1 Å². The third-order valence-corrected chi connectivity index (χ3v) is 6.13. The van der Waals surface area contributed by atoms with Crippen LogP contribution < -0.4 is 21.3 Å². The van der Waals surface area contributed by atoms with Gasteiger partial charge in [0.25, 0.3) is 5.91 Å². The SMILES string of the molecule is C[C@H]1CCCN(Cc2ccc(CNC(=O)Nc3ccc(C[C@H]4NC(=O)NC4=O)cc3)cc2)C1. The minimum Gasteiger partial charge on any atom is -0.334 e. The first-order valence-corrected chi connectivity index (χ1v) is 11.5. The van der Waals surface area contributed by atoms with Crippen molar-refractivity contribution in [2.24, 2.45) is 5.92 Å². The van der Waals surface area contributed by atoms with Gasteiger partial charge in [0.2, 0.25) is 0 Å². The average Bonchev–Trinajstić information content (AvgIpc) is 3.11. The molecule has 33 heavy (non-hydrogen) atoms. The number of carbonyl (C=O) groups excluding carboxylic acids is 3. The maximum atomic E-state index is 12.3. The molecule has 2 atom stereocenters. The molecule has 2 fully saturated rings. The zero-order valence-electron chi connectivity index (χ0n) is 18.9. The van der Waals surface area contributed by atoms with Crippen LogP contribution in [-0.4, -0.2) is 42.0 Å². The van der Waals surface area contributed by atoms with E-state index in [2.05, 4.69) is 57.4 Å². The summed E-state index contributed by atoms with van der Waals surface area (Å²) in [6, 6.07) is 14.3. The maximum absolute atomic E-state index is 12.3. The first-order chi connectivity index (χ1) is 15.9. The van der Waals surface area contributed by atoms with Gasteiger partial charge in [-0.2, -0.15) is 0 Å². The van der Waals surface area contributed by atoms with E-state index in [-0.39, 0.29) is 11.9 Å². The molecule has 0 unspecified atom stereocenters. The first-order valence-electron chi connectivity index (χ1n) is 11.5. The molecule has 2 heterocycles. The number of hydrogen-bond acceptors (Lipinski definition) is 4. The van der Waals surface area contributed by atoms with Gasteiger partial charge in [0.1, 0.15) is 6.04 Å². The summed E-state index contributed by atoms with van der Waals surface area (Å²) >= 11 is 0. The molecule has 0 aromatic heterocycles. The number of nitrogens with zero attached hydrogens (tertiary/aromatic N) is 1. The van der Waals surface area contributed by atoms with Crippen LogP contribution in [0.3, 0.4) is 0 Å². The Hall–Kier alpha value is -3.39. The molecule has 2 aliphatic heterocycles. The second kappa shape index (κ2) is 10.5. The monoisotopic (exact) mass is 449 g/mol. The standard InChI is InChI=1S/C25H31N5O3/c1-17-3-2-12-30(15-17)16-20-6-4-19(5-7-20)14-26-24(32)27-21-10-8-18(9-11-21)13-22-23(31)29-25(33)28-22/h4-11,17,22H,2-3,12-16H2,1H3,(H2,26,27,32)(H2,28,29,31,33)/t17-,22+/m0/s1. The van der Waals surface area contributed by atoms with Crippen molar-refractivity contribution in [1.29, 1.82) is 0 Å². The lowest BCUT2D eigenvalue weighted by Gasteiger charge is -2.30. The van der Waals surface area contributed by atoms with Gasteiger partial charge in [-0.1, -0.05) is 43.3 Å². The lowest BCUT2D eigenvalue weighted by molar-refractivity contribution is -0.120. The quantitative estimate of drug-likeness (QED) is 0.488. The second-order valence-corrected chi connectivity index (χ2v) is 9.02. The van der Waals surface area contributed by atoms with Crippen molar-refractivity contribution in [3.05, 3.63) is 65.2 Å². The number of likely N-dealkylation sites (tertiary alicyclic amines) is 1. The zero-order chi connectivity index (χ0) is 23.2. The summed E-state index contributed by atoms with van der Waals surface area (Å²) in [7, 11) is 0. The van der Waals surface area contributed by atoms with Gasteiger partial charge in [-0.15, -0.1) is 0 Å². The highest BCUT2D eigenvalue weighted by Gasteiger charge is 2.29. The van der Waals surface area contributed by atoms with Crippen molar-refractivity contribution in [1.82, 2.24) is 20.9 Å². The molecule has 5 amide bonds. The fourth-order valence-corrected chi connectivity index (χ4v) is 4.37. The van der Waals surface area contributed by atoms with Crippen molar-refractivity contribution in [3.63, 3.8) is 0 Å². The Balaban J connectivity index is 1.20. The summed E-state index contributed by atoms with van der Waals surface area (Å²) < 4.78 is 0. The third kappa shape index (κ3) is 6.55. The van der Waals surface area contributed by atoms with Crippen LogP contribution in [0.5, 0.6) is 0 Å². The number of benzene rings is 2. The van der Waals surface area contributed by atoms with E-state index in [1.165, 1.54) is 24.9 Å². The molecule has 174 valence electrons. The van der Waals surface area contributed by atoms with Crippen LogP contribution in [0.1, 0.15) is 36.5 Å². The molecule has 8 nitrogen and oxygen atoms in total. The lowest BCUT2D eigenvalue weighted by atomic mass is 9.99. The van der Waals surface area contributed by atoms with Crippen molar-refractivity contribution in [3.8, 4) is 0 Å². The third-order valence-electron chi connectivity index (χ3n) is 6.13. The van der Waals surface area contributed by atoms with Gasteiger partial charge in [0.15, 0.2) is 0 Å². The molecule has 0 bridgehead atoms. The molecule has 0 aliphatic carbocycles. The van der Waals surface area contributed by atoms with E-state index in [9.17, 15) is 14.4 Å². The Morgan fingerprint density at radius 1 is 1.03 bits per heavy atom. The predicted octanol–water partition coefficient (Wildman–Crippen LogP) is 2.99. The van der Waals surface area contributed by atoms with E-state index < -0.39 is 12.1 Å². The van der Waals surface area contributed by atoms with E-state index in [0.29, 0.717) is 18.7 Å². The highest BCUT2D eigenvalue weighted by atomic mass is 16.2. The summed E-state index contributed by atoms with van der Waals surface area (Å²) in [5.74, 6) is 0.448. The smallest absolute Gasteiger partial charge is 0.322 e. The first kappa shape index (κ1) is 22.8. The van der Waals surface area contributed by atoms with E-state index in [4.69, 9.17) is 0 Å². The molecule has 0 radical (unpaired) electrons. The summed E-state index contributed by atoms with van der Waals surface area (Å²) in [5, 5.41) is 10.5. The van der Waals surface area contributed by atoms with E-state index in [1.807, 2.05) is 12.1 Å². The average molecular weight is 450 g/mol. The van der Waals surface area contributed by atoms with E-state index in [0.717, 1.165) is 30.1 Å². The molecule has 8 heteroatoms. The molecule has 2 aromatic rings. The highest BCUT2D eigenvalue weighted by Crippen LogP contribution is 2.18. The van der Waals surface area contributed by atoms with Crippen molar-refractivity contribution < 1.29 is 14.4 Å². The summed E-state index contributed by atoms with van der Waals surface area (Å²) in [6.45, 7) is 6.07. The largest absolute Gasteiger partial charge is 0.334 e. The molecular formula is C25H31N5O3. The number of urea groups is 2. The van der Waals surface area contributed by atoms with Gasteiger partial charge in [0, 0.05) is 31.7 Å². The predicted molar refractivity (Wildman–Crippen MR) is 127 cm³/mol. The Labute approximate surface area is 194 Å². The molecule has 2 aromatic carbocycles. The molecule has 2 aliphatic rings. The number of piperidine rings is 1. The topological polar surface area (TPSA) is 103 Å². The molecule has 4 rings (SSSR count). The minimum absolute atomic E-state index is 0.281. The fourth-order valence-electron chi connectivity index (χ4n) is 4.37. The van der Waals surface area contributed by atoms with Crippen LogP contribution in [0.2, 0.25) is 0 Å². The zero-order valence-corrected chi connectivity index (χ0v) is 18.9. The molecular weight excluding hydrogens is 418 g/mol. The van der Waals surface area contributed by atoms with Crippen molar-refractivity contribution in [2.75, 3.05) is 18.4 Å². The Bertz CT molecular complexity index is 990. The van der Waals surface area contributed by atoms with Crippen LogP contribution in [0, 0.1) is 5.92 Å². The summed E-state index contributed by atoms with van der Waals surface area (Å²) in [4.78, 5) is 37.6. The Morgan fingerprint density at radius 2 is 1.73 bits per heavy atom. The van der Waals surface area contributed by atoms with Crippen LogP contribution in [0.4, 0.5) is 15.3 Å². The van der Waals surface area contributed by atoms with Gasteiger partial charge in [-0.3, -0.25) is 15.0 Å². The number of hydrogen-bond donors (Lipinski definition) is 4.